The number of rotatable bonds is 4. The van der Waals surface area contributed by atoms with Crippen molar-refractivity contribution in [2.45, 2.75) is 38.9 Å². The Morgan fingerprint density at radius 2 is 2.07 bits per heavy atom. The van der Waals surface area contributed by atoms with E-state index in [0.29, 0.717) is 26.2 Å². The molecule has 0 radical (unpaired) electrons. The molecule has 1 fully saturated rings. The summed E-state index contributed by atoms with van der Waals surface area (Å²) in [5.74, 6) is -0.0350. The summed E-state index contributed by atoms with van der Waals surface area (Å²) in [6.45, 7) is 5.31. The number of hydrogen-bond acceptors (Lipinski definition) is 4. The molecule has 1 aromatic carbocycles. The predicted octanol–water partition coefficient (Wildman–Crippen LogP) is 0.994. The topological polar surface area (TPSA) is 81.3 Å². The van der Waals surface area contributed by atoms with E-state index in [1.165, 1.54) is 5.56 Å². The minimum absolute atomic E-state index is 0.0196. The van der Waals surface area contributed by atoms with Crippen LogP contribution < -0.4 is 5.32 Å². The average Bonchev–Trinajstić information content (AvgIpc) is 3.14. The van der Waals surface area contributed by atoms with E-state index in [1.54, 1.807) is 6.33 Å². The number of aryl methyl sites for hydroxylation is 1. The van der Waals surface area contributed by atoms with E-state index >= 15 is 0 Å². The van der Waals surface area contributed by atoms with Crippen molar-refractivity contribution in [3.8, 4) is 0 Å². The van der Waals surface area contributed by atoms with Gasteiger partial charge >= 0.3 is 0 Å². The molecule has 1 aromatic heterocycles. The Kier molecular flexibility index (Phi) is 4.94. The smallest absolute Gasteiger partial charge is 0.237 e. The average molecular weight is 367 g/mol. The fraction of sp³-hybridized carbons (Fsp3) is 0.450. The fourth-order valence-electron chi connectivity index (χ4n) is 3.82. The third kappa shape index (κ3) is 3.88. The van der Waals surface area contributed by atoms with Crippen molar-refractivity contribution in [1.82, 2.24) is 25.1 Å². The van der Waals surface area contributed by atoms with Gasteiger partial charge in [-0.2, -0.15) is 0 Å². The minimum atomic E-state index is -0.421. The molecule has 7 heteroatoms. The van der Waals surface area contributed by atoms with Gasteiger partial charge in [-0.15, -0.1) is 0 Å². The first-order chi connectivity index (χ1) is 13.1. The van der Waals surface area contributed by atoms with E-state index in [-0.39, 0.29) is 18.2 Å². The SMILES string of the molecule is Cc1ccc(CN2CCNC(=O)[C@H]2CC(=O)N2CCc3nc[nH]c3C2)cc1. The highest BCUT2D eigenvalue weighted by Crippen LogP contribution is 2.19. The number of aromatic nitrogens is 2. The van der Waals surface area contributed by atoms with E-state index in [4.69, 9.17) is 0 Å². The molecule has 0 spiro atoms. The largest absolute Gasteiger partial charge is 0.353 e. The molecule has 2 amide bonds. The van der Waals surface area contributed by atoms with Crippen LogP contribution in [-0.4, -0.2) is 57.3 Å². The molecule has 0 bridgehead atoms. The monoisotopic (exact) mass is 367 g/mol. The fourth-order valence-corrected chi connectivity index (χ4v) is 3.82. The molecule has 2 aliphatic rings. The first-order valence-electron chi connectivity index (χ1n) is 9.46. The van der Waals surface area contributed by atoms with Gasteiger partial charge in [0.2, 0.25) is 11.8 Å². The first-order valence-corrected chi connectivity index (χ1v) is 9.46. The number of hydrogen-bond donors (Lipinski definition) is 2. The molecule has 1 saturated heterocycles. The number of piperazine rings is 1. The number of amides is 2. The van der Waals surface area contributed by atoms with Crippen LogP contribution in [0.25, 0.3) is 0 Å². The lowest BCUT2D eigenvalue weighted by atomic mass is 10.0. The van der Waals surface area contributed by atoms with Gasteiger partial charge in [-0.25, -0.2) is 4.98 Å². The molecule has 0 unspecified atom stereocenters. The Morgan fingerprint density at radius 3 is 2.89 bits per heavy atom. The van der Waals surface area contributed by atoms with Crippen LogP contribution in [0.4, 0.5) is 0 Å². The van der Waals surface area contributed by atoms with Crippen LogP contribution in [0.15, 0.2) is 30.6 Å². The van der Waals surface area contributed by atoms with Gasteiger partial charge in [-0.05, 0) is 12.5 Å². The number of carbonyl (C=O) groups is 2. The number of benzene rings is 1. The Morgan fingerprint density at radius 1 is 1.26 bits per heavy atom. The number of fused-ring (bicyclic) bond motifs is 1. The van der Waals surface area contributed by atoms with Crippen molar-refractivity contribution < 1.29 is 9.59 Å². The molecule has 0 saturated carbocycles. The molecule has 2 aromatic rings. The van der Waals surface area contributed by atoms with Crippen LogP contribution in [-0.2, 0) is 29.1 Å². The molecule has 142 valence electrons. The lowest BCUT2D eigenvalue weighted by molar-refractivity contribution is -0.139. The highest BCUT2D eigenvalue weighted by atomic mass is 16.2. The van der Waals surface area contributed by atoms with Crippen LogP contribution in [0.1, 0.15) is 28.9 Å². The zero-order valence-electron chi connectivity index (χ0n) is 15.6. The van der Waals surface area contributed by atoms with Crippen LogP contribution in [0.2, 0.25) is 0 Å². The second-order valence-corrected chi connectivity index (χ2v) is 7.36. The molecule has 4 rings (SSSR count). The van der Waals surface area contributed by atoms with Crippen molar-refractivity contribution in [3.63, 3.8) is 0 Å². The number of H-pyrrole nitrogens is 1. The normalized spacial score (nSPS) is 20.3. The van der Waals surface area contributed by atoms with Gasteiger partial charge in [0.25, 0.3) is 0 Å². The molecule has 3 heterocycles. The summed E-state index contributed by atoms with van der Waals surface area (Å²) >= 11 is 0. The Labute approximate surface area is 158 Å². The summed E-state index contributed by atoms with van der Waals surface area (Å²) in [6, 6.07) is 7.91. The van der Waals surface area contributed by atoms with Crippen LogP contribution in [0.3, 0.4) is 0 Å². The highest BCUT2D eigenvalue weighted by molar-refractivity contribution is 5.89. The van der Waals surface area contributed by atoms with Crippen molar-refractivity contribution in [3.05, 3.63) is 53.1 Å². The van der Waals surface area contributed by atoms with Gasteiger partial charge in [0, 0.05) is 32.6 Å². The summed E-state index contributed by atoms with van der Waals surface area (Å²) in [7, 11) is 0. The third-order valence-corrected chi connectivity index (χ3v) is 5.44. The first kappa shape index (κ1) is 17.7. The summed E-state index contributed by atoms with van der Waals surface area (Å²) < 4.78 is 0. The minimum Gasteiger partial charge on any atom is -0.353 e. The van der Waals surface area contributed by atoms with E-state index in [2.05, 4.69) is 51.4 Å². The predicted molar refractivity (Wildman–Crippen MR) is 101 cm³/mol. The van der Waals surface area contributed by atoms with E-state index in [0.717, 1.165) is 29.9 Å². The molecule has 0 aliphatic carbocycles. The van der Waals surface area contributed by atoms with Gasteiger partial charge in [0.15, 0.2) is 0 Å². The Balaban J connectivity index is 1.43. The summed E-state index contributed by atoms with van der Waals surface area (Å²) in [5.41, 5.74) is 4.41. The van der Waals surface area contributed by atoms with Crippen molar-refractivity contribution in [2.75, 3.05) is 19.6 Å². The second-order valence-electron chi connectivity index (χ2n) is 7.36. The molecule has 2 N–H and O–H groups in total. The lowest BCUT2D eigenvalue weighted by Crippen LogP contribution is -2.56. The number of nitrogens with one attached hydrogen (secondary N) is 2. The van der Waals surface area contributed by atoms with Gasteiger partial charge < -0.3 is 15.2 Å². The quantitative estimate of drug-likeness (QED) is 0.845. The number of aromatic amines is 1. The van der Waals surface area contributed by atoms with Crippen molar-refractivity contribution in [2.24, 2.45) is 0 Å². The van der Waals surface area contributed by atoms with Gasteiger partial charge in [-0.3, -0.25) is 14.5 Å². The number of imidazole rings is 1. The van der Waals surface area contributed by atoms with E-state index in [1.807, 2.05) is 4.90 Å². The summed E-state index contributed by atoms with van der Waals surface area (Å²) in [4.78, 5) is 36.7. The molecule has 27 heavy (non-hydrogen) atoms. The second kappa shape index (κ2) is 7.52. The zero-order valence-corrected chi connectivity index (χ0v) is 15.6. The maximum Gasteiger partial charge on any atom is 0.237 e. The third-order valence-electron chi connectivity index (χ3n) is 5.44. The van der Waals surface area contributed by atoms with Gasteiger partial charge in [-0.1, -0.05) is 29.8 Å². The van der Waals surface area contributed by atoms with E-state index in [9.17, 15) is 9.59 Å². The van der Waals surface area contributed by atoms with Crippen LogP contribution in [0, 0.1) is 6.92 Å². The Bertz CT molecular complexity index is 829. The number of nitrogens with zero attached hydrogens (tertiary/aromatic N) is 3. The molecule has 1 atom stereocenters. The van der Waals surface area contributed by atoms with Gasteiger partial charge in [0.05, 0.1) is 36.7 Å². The van der Waals surface area contributed by atoms with Gasteiger partial charge in [0.1, 0.15) is 0 Å². The summed E-state index contributed by atoms with van der Waals surface area (Å²) in [6.07, 6.45) is 2.65. The maximum atomic E-state index is 12.9. The van der Waals surface area contributed by atoms with Crippen LogP contribution >= 0.6 is 0 Å². The number of carbonyl (C=O) groups excluding carboxylic acids is 2. The summed E-state index contributed by atoms with van der Waals surface area (Å²) in [5, 5.41) is 2.91. The van der Waals surface area contributed by atoms with Crippen molar-refractivity contribution in [1.29, 1.82) is 0 Å². The van der Waals surface area contributed by atoms with Crippen LogP contribution in [0.5, 0.6) is 0 Å². The Hall–Kier alpha value is -2.67. The van der Waals surface area contributed by atoms with Crippen molar-refractivity contribution >= 4 is 11.8 Å². The molecule has 2 aliphatic heterocycles. The van der Waals surface area contributed by atoms with E-state index < -0.39 is 6.04 Å². The standard InChI is InChI=1S/C20H25N5O2/c1-14-2-4-15(5-3-14)11-24-9-7-21-20(27)18(24)10-19(26)25-8-6-16-17(12-25)23-13-22-16/h2-5,13,18H,6-12H2,1H3,(H,21,27)(H,22,23)/t18-/m1/s1. The maximum absolute atomic E-state index is 12.9. The highest BCUT2D eigenvalue weighted by Gasteiger charge is 2.33. The molecule has 7 nitrogen and oxygen atoms in total. The zero-order chi connectivity index (χ0) is 18.8. The molecular formula is C20H25N5O2. The molecular weight excluding hydrogens is 342 g/mol. The lowest BCUT2D eigenvalue weighted by Gasteiger charge is -2.36.